The number of ether oxygens (including phenoxy) is 1. The van der Waals surface area contributed by atoms with Crippen molar-refractivity contribution in [3.8, 4) is 5.75 Å². The van der Waals surface area contributed by atoms with Crippen molar-refractivity contribution in [1.82, 2.24) is 9.21 Å². The topological polar surface area (TPSA) is 66.9 Å². The standard InChI is InChI=1S/C21H26N2O4S/c1-17-8-9-18(2)20(16-17)27-15-10-21(24)22-11-13-23(14-12-22)28(25,26)19-6-4-3-5-7-19/h3-9,16H,10-15H2,1-2H3. The van der Waals surface area contributed by atoms with Crippen LogP contribution in [0.4, 0.5) is 0 Å². The Hall–Kier alpha value is -2.38. The van der Waals surface area contributed by atoms with Gasteiger partial charge in [-0.3, -0.25) is 4.79 Å². The summed E-state index contributed by atoms with van der Waals surface area (Å²) < 4.78 is 32.5. The summed E-state index contributed by atoms with van der Waals surface area (Å²) in [6, 6.07) is 14.4. The maximum absolute atomic E-state index is 12.7. The Bertz CT molecular complexity index is 921. The highest BCUT2D eigenvalue weighted by Crippen LogP contribution is 2.20. The molecule has 3 rings (SSSR count). The fourth-order valence-electron chi connectivity index (χ4n) is 3.19. The molecule has 2 aromatic rings. The largest absolute Gasteiger partial charge is 0.493 e. The summed E-state index contributed by atoms with van der Waals surface area (Å²) in [5.74, 6) is 0.786. The van der Waals surface area contributed by atoms with Gasteiger partial charge in [0, 0.05) is 26.2 Å². The van der Waals surface area contributed by atoms with Gasteiger partial charge in [0.1, 0.15) is 5.75 Å². The third kappa shape index (κ3) is 4.72. The highest BCUT2D eigenvalue weighted by molar-refractivity contribution is 7.89. The number of piperazine rings is 1. The molecule has 0 atom stereocenters. The number of rotatable bonds is 6. The normalized spacial score (nSPS) is 15.4. The molecule has 0 aromatic heterocycles. The molecule has 0 unspecified atom stereocenters. The highest BCUT2D eigenvalue weighted by atomic mass is 32.2. The zero-order valence-corrected chi connectivity index (χ0v) is 17.1. The summed E-state index contributed by atoms with van der Waals surface area (Å²) in [5.41, 5.74) is 2.15. The van der Waals surface area contributed by atoms with Gasteiger partial charge in [-0.25, -0.2) is 8.42 Å². The van der Waals surface area contributed by atoms with E-state index < -0.39 is 10.0 Å². The minimum Gasteiger partial charge on any atom is -0.493 e. The van der Waals surface area contributed by atoms with E-state index in [1.54, 1.807) is 35.2 Å². The maximum Gasteiger partial charge on any atom is 0.243 e. The molecule has 0 saturated carbocycles. The number of sulfonamides is 1. The summed E-state index contributed by atoms with van der Waals surface area (Å²) in [5, 5.41) is 0. The average molecular weight is 403 g/mol. The van der Waals surface area contributed by atoms with Crippen LogP contribution < -0.4 is 4.74 Å². The molecule has 7 heteroatoms. The number of benzene rings is 2. The Morgan fingerprint density at radius 1 is 1.00 bits per heavy atom. The fraction of sp³-hybridized carbons (Fsp3) is 0.381. The van der Waals surface area contributed by atoms with Gasteiger partial charge in [0.2, 0.25) is 15.9 Å². The number of carbonyl (C=O) groups is 1. The lowest BCUT2D eigenvalue weighted by Gasteiger charge is -2.34. The molecule has 1 aliphatic heterocycles. The van der Waals surface area contributed by atoms with E-state index in [1.165, 1.54) is 4.31 Å². The lowest BCUT2D eigenvalue weighted by molar-refractivity contribution is -0.132. The van der Waals surface area contributed by atoms with Crippen molar-refractivity contribution >= 4 is 15.9 Å². The van der Waals surface area contributed by atoms with Crippen molar-refractivity contribution < 1.29 is 17.9 Å². The molecular weight excluding hydrogens is 376 g/mol. The molecule has 0 spiro atoms. The second kappa shape index (κ2) is 8.75. The Morgan fingerprint density at radius 2 is 1.68 bits per heavy atom. The van der Waals surface area contributed by atoms with Crippen LogP contribution in [0.2, 0.25) is 0 Å². The van der Waals surface area contributed by atoms with E-state index in [1.807, 2.05) is 32.0 Å². The Kier molecular flexibility index (Phi) is 6.36. The van der Waals surface area contributed by atoms with E-state index in [-0.39, 0.29) is 17.2 Å². The number of hydrogen-bond acceptors (Lipinski definition) is 4. The van der Waals surface area contributed by atoms with Crippen LogP contribution >= 0.6 is 0 Å². The first-order valence-electron chi connectivity index (χ1n) is 9.41. The molecule has 0 bridgehead atoms. The summed E-state index contributed by atoms with van der Waals surface area (Å²) in [4.78, 5) is 14.4. The average Bonchev–Trinajstić information content (AvgIpc) is 2.71. The van der Waals surface area contributed by atoms with Crippen LogP contribution in [0.3, 0.4) is 0 Å². The zero-order chi connectivity index (χ0) is 20.1. The van der Waals surface area contributed by atoms with Crippen molar-refractivity contribution in [3.63, 3.8) is 0 Å². The first-order valence-corrected chi connectivity index (χ1v) is 10.8. The molecule has 2 aromatic carbocycles. The smallest absolute Gasteiger partial charge is 0.243 e. The van der Waals surface area contributed by atoms with Gasteiger partial charge < -0.3 is 9.64 Å². The van der Waals surface area contributed by atoms with Gasteiger partial charge in [-0.2, -0.15) is 4.31 Å². The van der Waals surface area contributed by atoms with Crippen LogP contribution in [0.5, 0.6) is 5.75 Å². The quantitative estimate of drug-likeness (QED) is 0.745. The van der Waals surface area contributed by atoms with Gasteiger partial charge in [0.25, 0.3) is 0 Å². The third-order valence-electron chi connectivity index (χ3n) is 4.89. The van der Waals surface area contributed by atoms with E-state index >= 15 is 0 Å². The van der Waals surface area contributed by atoms with E-state index in [4.69, 9.17) is 4.74 Å². The van der Waals surface area contributed by atoms with Crippen LogP contribution in [0, 0.1) is 13.8 Å². The second-order valence-corrected chi connectivity index (χ2v) is 8.90. The molecule has 1 heterocycles. The van der Waals surface area contributed by atoms with Gasteiger partial charge in [0.15, 0.2) is 0 Å². The summed E-state index contributed by atoms with van der Waals surface area (Å²) in [6.45, 7) is 5.69. The van der Waals surface area contributed by atoms with Crippen molar-refractivity contribution in [2.45, 2.75) is 25.2 Å². The predicted molar refractivity (Wildman–Crippen MR) is 108 cm³/mol. The zero-order valence-electron chi connectivity index (χ0n) is 16.3. The third-order valence-corrected chi connectivity index (χ3v) is 6.80. The lowest BCUT2D eigenvalue weighted by atomic mass is 10.1. The first-order chi connectivity index (χ1) is 13.4. The van der Waals surface area contributed by atoms with E-state index in [0.717, 1.165) is 16.9 Å². The van der Waals surface area contributed by atoms with Gasteiger partial charge in [-0.05, 0) is 43.2 Å². The van der Waals surface area contributed by atoms with Crippen molar-refractivity contribution in [3.05, 3.63) is 59.7 Å². The summed E-state index contributed by atoms with van der Waals surface area (Å²) in [7, 11) is -3.50. The molecule has 28 heavy (non-hydrogen) atoms. The van der Waals surface area contributed by atoms with Gasteiger partial charge in [-0.15, -0.1) is 0 Å². The molecule has 150 valence electrons. The summed E-state index contributed by atoms with van der Waals surface area (Å²) in [6.07, 6.45) is 0.277. The number of aryl methyl sites for hydroxylation is 2. The molecule has 1 aliphatic rings. The molecule has 1 fully saturated rings. The van der Waals surface area contributed by atoms with E-state index in [0.29, 0.717) is 32.8 Å². The Balaban J connectivity index is 1.49. The Labute approximate surface area is 166 Å². The van der Waals surface area contributed by atoms with Crippen LogP contribution in [-0.4, -0.2) is 56.3 Å². The minimum atomic E-state index is -3.50. The highest BCUT2D eigenvalue weighted by Gasteiger charge is 2.29. The SMILES string of the molecule is Cc1ccc(C)c(OCCC(=O)N2CCN(S(=O)(=O)c3ccccc3)CC2)c1. The van der Waals surface area contributed by atoms with E-state index in [2.05, 4.69) is 0 Å². The monoisotopic (exact) mass is 402 g/mol. The van der Waals surface area contributed by atoms with Crippen LogP contribution in [0.25, 0.3) is 0 Å². The maximum atomic E-state index is 12.7. The first kappa shape index (κ1) is 20.4. The van der Waals surface area contributed by atoms with Crippen LogP contribution in [0.1, 0.15) is 17.5 Å². The fourth-order valence-corrected chi connectivity index (χ4v) is 4.63. The number of carbonyl (C=O) groups excluding carboxylic acids is 1. The van der Waals surface area contributed by atoms with E-state index in [9.17, 15) is 13.2 Å². The molecule has 1 saturated heterocycles. The van der Waals surface area contributed by atoms with Crippen LogP contribution in [0.15, 0.2) is 53.4 Å². The molecule has 0 aliphatic carbocycles. The lowest BCUT2D eigenvalue weighted by Crippen LogP contribution is -2.50. The number of nitrogens with zero attached hydrogens (tertiary/aromatic N) is 2. The predicted octanol–water partition coefficient (Wildman–Crippen LogP) is 2.61. The number of amides is 1. The Morgan fingerprint density at radius 3 is 2.36 bits per heavy atom. The summed E-state index contributed by atoms with van der Waals surface area (Å²) >= 11 is 0. The van der Waals surface area contributed by atoms with Crippen molar-refractivity contribution in [2.75, 3.05) is 32.8 Å². The molecular formula is C21H26N2O4S. The van der Waals surface area contributed by atoms with Gasteiger partial charge in [0.05, 0.1) is 17.9 Å². The van der Waals surface area contributed by atoms with Gasteiger partial charge in [-0.1, -0.05) is 30.3 Å². The number of hydrogen-bond donors (Lipinski definition) is 0. The molecule has 0 N–H and O–H groups in total. The van der Waals surface area contributed by atoms with Crippen molar-refractivity contribution in [1.29, 1.82) is 0 Å². The van der Waals surface area contributed by atoms with Crippen LogP contribution in [-0.2, 0) is 14.8 Å². The minimum absolute atomic E-state index is 0.0120. The molecule has 6 nitrogen and oxygen atoms in total. The molecule has 1 amide bonds. The van der Waals surface area contributed by atoms with Crippen molar-refractivity contribution in [2.24, 2.45) is 0 Å². The molecule has 0 radical (unpaired) electrons. The second-order valence-electron chi connectivity index (χ2n) is 6.97. The van der Waals surface area contributed by atoms with Gasteiger partial charge >= 0.3 is 0 Å².